The molecule has 1 aliphatic rings. The fraction of sp³-hybridized carbons (Fsp3) is 1.00. The molecule has 0 aromatic carbocycles. The van der Waals surface area contributed by atoms with Gasteiger partial charge in [0.2, 0.25) is 0 Å². The summed E-state index contributed by atoms with van der Waals surface area (Å²) >= 11 is 0. The van der Waals surface area contributed by atoms with Crippen LogP contribution in [0.3, 0.4) is 0 Å². The summed E-state index contributed by atoms with van der Waals surface area (Å²) in [5, 5.41) is 3.59. The van der Waals surface area contributed by atoms with Crippen molar-refractivity contribution >= 4 is 0 Å². The van der Waals surface area contributed by atoms with Gasteiger partial charge in [-0.1, -0.05) is 34.6 Å². The van der Waals surface area contributed by atoms with Crippen molar-refractivity contribution in [2.75, 3.05) is 6.54 Å². The Kier molecular flexibility index (Phi) is 4.00. The van der Waals surface area contributed by atoms with Gasteiger partial charge >= 0.3 is 0 Å². The summed E-state index contributed by atoms with van der Waals surface area (Å²) in [4.78, 5) is 0. The van der Waals surface area contributed by atoms with Gasteiger partial charge in [0, 0.05) is 6.04 Å². The van der Waals surface area contributed by atoms with E-state index in [1.165, 1.54) is 19.3 Å². The van der Waals surface area contributed by atoms with Crippen LogP contribution in [0.1, 0.15) is 53.9 Å². The summed E-state index contributed by atoms with van der Waals surface area (Å²) in [6.07, 6.45) is 4.12. The van der Waals surface area contributed by atoms with Crippen molar-refractivity contribution in [1.82, 2.24) is 5.32 Å². The second-order valence-electron chi connectivity index (χ2n) is 5.59. The van der Waals surface area contributed by atoms with Gasteiger partial charge in [0.05, 0.1) is 0 Å². The summed E-state index contributed by atoms with van der Waals surface area (Å²) < 4.78 is 0. The monoisotopic (exact) mass is 197 g/mol. The Morgan fingerprint density at radius 2 is 2.07 bits per heavy atom. The molecule has 0 aromatic rings. The third-order valence-corrected chi connectivity index (χ3v) is 4.61. The first kappa shape index (κ1) is 12.0. The zero-order valence-electron chi connectivity index (χ0n) is 10.6. The van der Waals surface area contributed by atoms with Crippen molar-refractivity contribution in [3.8, 4) is 0 Å². The first-order chi connectivity index (χ1) is 6.50. The molecule has 3 unspecified atom stereocenters. The van der Waals surface area contributed by atoms with Crippen molar-refractivity contribution in [2.24, 2.45) is 17.3 Å². The van der Waals surface area contributed by atoms with Crippen molar-refractivity contribution in [1.29, 1.82) is 0 Å². The molecule has 0 aliphatic heterocycles. The summed E-state index contributed by atoms with van der Waals surface area (Å²) in [7, 11) is 0. The number of hydrogen-bond donors (Lipinski definition) is 1. The number of hydrogen-bond acceptors (Lipinski definition) is 1. The first-order valence-electron chi connectivity index (χ1n) is 6.24. The largest absolute Gasteiger partial charge is 0.314 e. The van der Waals surface area contributed by atoms with Crippen LogP contribution >= 0.6 is 0 Å². The maximum Gasteiger partial charge on any atom is 0.00698 e. The van der Waals surface area contributed by atoms with E-state index in [0.29, 0.717) is 5.41 Å². The molecule has 0 amide bonds. The number of nitrogens with one attached hydrogen (secondary N) is 1. The van der Waals surface area contributed by atoms with E-state index in [1.54, 1.807) is 0 Å². The van der Waals surface area contributed by atoms with Crippen molar-refractivity contribution in [3.05, 3.63) is 0 Å². The van der Waals surface area contributed by atoms with Gasteiger partial charge in [-0.25, -0.2) is 0 Å². The second kappa shape index (κ2) is 4.65. The molecule has 0 spiro atoms. The van der Waals surface area contributed by atoms with Crippen LogP contribution in [0, 0.1) is 17.3 Å². The highest BCUT2D eigenvalue weighted by molar-refractivity contribution is 4.91. The van der Waals surface area contributed by atoms with E-state index >= 15 is 0 Å². The fourth-order valence-electron chi connectivity index (χ4n) is 2.88. The lowest BCUT2D eigenvalue weighted by molar-refractivity contribution is 0.0563. The summed E-state index contributed by atoms with van der Waals surface area (Å²) in [5.41, 5.74) is 0.575. The van der Waals surface area contributed by atoms with Crippen LogP contribution < -0.4 is 5.32 Å². The minimum Gasteiger partial charge on any atom is -0.314 e. The van der Waals surface area contributed by atoms with Crippen LogP contribution in [-0.2, 0) is 0 Å². The average Bonchev–Trinajstić information content (AvgIpc) is 2.12. The lowest BCUT2D eigenvalue weighted by atomic mass is 9.61. The molecule has 1 heteroatoms. The SMILES string of the molecule is CCNC1CCC(C)(C(C)C)C(C)C1. The fourth-order valence-corrected chi connectivity index (χ4v) is 2.88. The van der Waals surface area contributed by atoms with Crippen LogP contribution in [0.15, 0.2) is 0 Å². The smallest absolute Gasteiger partial charge is 0.00698 e. The van der Waals surface area contributed by atoms with E-state index in [4.69, 9.17) is 0 Å². The Bertz CT molecular complexity index is 176. The van der Waals surface area contributed by atoms with Crippen LogP contribution in [0.5, 0.6) is 0 Å². The standard InChI is InChI=1S/C13H27N/c1-6-14-12-7-8-13(5,10(2)3)11(4)9-12/h10-12,14H,6-9H2,1-5H3. The molecule has 0 heterocycles. The minimum atomic E-state index is 0.575. The third-order valence-electron chi connectivity index (χ3n) is 4.61. The molecule has 1 rings (SSSR count). The molecule has 0 bridgehead atoms. The summed E-state index contributed by atoms with van der Waals surface area (Å²) in [6.45, 7) is 13.0. The van der Waals surface area contributed by atoms with Gasteiger partial charge in [0.15, 0.2) is 0 Å². The van der Waals surface area contributed by atoms with Gasteiger partial charge in [-0.3, -0.25) is 0 Å². The molecular formula is C13H27N. The molecule has 0 aromatic heterocycles. The third kappa shape index (κ3) is 2.31. The Morgan fingerprint density at radius 3 is 2.50 bits per heavy atom. The van der Waals surface area contributed by atoms with Crippen LogP contribution in [-0.4, -0.2) is 12.6 Å². The molecule has 1 aliphatic carbocycles. The minimum absolute atomic E-state index is 0.575. The van der Waals surface area contributed by atoms with Crippen LogP contribution in [0.4, 0.5) is 0 Å². The van der Waals surface area contributed by atoms with Gasteiger partial charge in [-0.15, -0.1) is 0 Å². The molecule has 3 atom stereocenters. The van der Waals surface area contributed by atoms with Gasteiger partial charge in [0.25, 0.3) is 0 Å². The van der Waals surface area contributed by atoms with Gasteiger partial charge < -0.3 is 5.32 Å². The van der Waals surface area contributed by atoms with Crippen LogP contribution in [0.25, 0.3) is 0 Å². The maximum absolute atomic E-state index is 3.59. The van der Waals surface area contributed by atoms with E-state index in [1.807, 2.05) is 0 Å². The lowest BCUT2D eigenvalue weighted by Gasteiger charge is -2.46. The topological polar surface area (TPSA) is 12.0 Å². The predicted molar refractivity (Wildman–Crippen MR) is 63.4 cm³/mol. The Morgan fingerprint density at radius 1 is 1.43 bits per heavy atom. The molecule has 84 valence electrons. The quantitative estimate of drug-likeness (QED) is 0.731. The molecule has 0 radical (unpaired) electrons. The van der Waals surface area contributed by atoms with Gasteiger partial charge in [-0.05, 0) is 43.1 Å². The lowest BCUT2D eigenvalue weighted by Crippen LogP contribution is -2.43. The zero-order valence-corrected chi connectivity index (χ0v) is 10.6. The van der Waals surface area contributed by atoms with Crippen molar-refractivity contribution in [2.45, 2.75) is 59.9 Å². The molecule has 0 saturated heterocycles. The molecule has 1 fully saturated rings. The van der Waals surface area contributed by atoms with E-state index in [0.717, 1.165) is 24.4 Å². The van der Waals surface area contributed by atoms with Gasteiger partial charge in [0.1, 0.15) is 0 Å². The van der Waals surface area contributed by atoms with Crippen molar-refractivity contribution < 1.29 is 0 Å². The highest BCUT2D eigenvalue weighted by Gasteiger charge is 2.39. The molecule has 1 nitrogen and oxygen atoms in total. The highest BCUT2D eigenvalue weighted by Crippen LogP contribution is 2.46. The van der Waals surface area contributed by atoms with Crippen molar-refractivity contribution in [3.63, 3.8) is 0 Å². The van der Waals surface area contributed by atoms with E-state index in [2.05, 4.69) is 39.9 Å². The Hall–Kier alpha value is -0.0400. The van der Waals surface area contributed by atoms with E-state index in [-0.39, 0.29) is 0 Å². The Balaban J connectivity index is 2.55. The zero-order chi connectivity index (χ0) is 10.8. The molecule has 1 N–H and O–H groups in total. The predicted octanol–water partition coefficient (Wildman–Crippen LogP) is 3.45. The van der Waals surface area contributed by atoms with Gasteiger partial charge in [-0.2, -0.15) is 0 Å². The highest BCUT2D eigenvalue weighted by atomic mass is 14.9. The van der Waals surface area contributed by atoms with E-state index < -0.39 is 0 Å². The summed E-state index contributed by atoms with van der Waals surface area (Å²) in [6, 6.07) is 0.779. The average molecular weight is 197 g/mol. The molecule has 1 saturated carbocycles. The number of rotatable bonds is 3. The first-order valence-corrected chi connectivity index (χ1v) is 6.24. The molecule has 14 heavy (non-hydrogen) atoms. The van der Waals surface area contributed by atoms with Crippen LogP contribution in [0.2, 0.25) is 0 Å². The molecular weight excluding hydrogens is 170 g/mol. The second-order valence-corrected chi connectivity index (χ2v) is 5.59. The maximum atomic E-state index is 3.59. The Labute approximate surface area is 89.7 Å². The van der Waals surface area contributed by atoms with E-state index in [9.17, 15) is 0 Å². The summed E-state index contributed by atoms with van der Waals surface area (Å²) in [5.74, 6) is 1.68. The normalized spacial score (nSPS) is 39.0.